The van der Waals surface area contributed by atoms with E-state index in [1.54, 1.807) is 0 Å². The number of benzene rings is 1. The minimum absolute atomic E-state index is 0.0623. The van der Waals surface area contributed by atoms with Gasteiger partial charge in [0.2, 0.25) is 0 Å². The molecule has 0 radical (unpaired) electrons. The number of alkyl halides is 3. The van der Waals surface area contributed by atoms with Crippen molar-refractivity contribution in [2.45, 2.75) is 6.18 Å². The molecule has 0 heterocycles. The fourth-order valence-corrected chi connectivity index (χ4v) is 1.43. The van der Waals surface area contributed by atoms with Crippen molar-refractivity contribution in [1.82, 2.24) is 0 Å². The molecular formula is C10H9BrF3NO3. The van der Waals surface area contributed by atoms with Crippen LogP contribution in [-0.4, -0.2) is 24.4 Å². The van der Waals surface area contributed by atoms with E-state index >= 15 is 0 Å². The van der Waals surface area contributed by atoms with Crippen molar-refractivity contribution in [3.8, 4) is 0 Å². The Morgan fingerprint density at radius 3 is 2.67 bits per heavy atom. The lowest BCUT2D eigenvalue weighted by Crippen LogP contribution is -2.16. The number of aliphatic hydroxyl groups excluding tert-OH is 1. The number of nitrogens with one attached hydrogen (secondary N) is 1. The zero-order valence-corrected chi connectivity index (χ0v) is 10.5. The van der Waals surface area contributed by atoms with Gasteiger partial charge >= 0.3 is 12.3 Å². The summed E-state index contributed by atoms with van der Waals surface area (Å²) >= 11 is 3.01. The Balaban J connectivity index is 2.85. The fraction of sp³-hybridized carbons (Fsp3) is 0.300. The van der Waals surface area contributed by atoms with Crippen LogP contribution < -0.4 is 5.32 Å². The number of anilines is 1. The van der Waals surface area contributed by atoms with Gasteiger partial charge in [-0.1, -0.05) is 0 Å². The summed E-state index contributed by atoms with van der Waals surface area (Å²) in [5, 5.41) is 10.6. The number of halogens is 4. The molecule has 0 saturated heterocycles. The molecule has 18 heavy (non-hydrogen) atoms. The summed E-state index contributed by atoms with van der Waals surface area (Å²) < 4.78 is 42.1. The second-order valence-corrected chi connectivity index (χ2v) is 4.03. The molecular weight excluding hydrogens is 319 g/mol. The summed E-state index contributed by atoms with van der Waals surface area (Å²) in [6.45, 7) is -0.598. The highest BCUT2D eigenvalue weighted by atomic mass is 79.9. The van der Waals surface area contributed by atoms with Crippen LogP contribution in [-0.2, 0) is 10.9 Å². The van der Waals surface area contributed by atoms with Crippen molar-refractivity contribution in [1.29, 1.82) is 0 Å². The van der Waals surface area contributed by atoms with E-state index in [0.29, 0.717) is 0 Å². The van der Waals surface area contributed by atoms with Gasteiger partial charge in [-0.2, -0.15) is 13.2 Å². The summed E-state index contributed by atoms with van der Waals surface area (Å²) in [6, 6.07) is 2.84. The molecule has 0 spiro atoms. The van der Waals surface area contributed by atoms with Crippen molar-refractivity contribution in [2.75, 3.05) is 18.5 Å². The summed E-state index contributed by atoms with van der Waals surface area (Å²) in [7, 11) is 0. The summed E-state index contributed by atoms with van der Waals surface area (Å²) in [5.41, 5.74) is -0.948. The molecule has 0 atom stereocenters. The van der Waals surface area contributed by atoms with Crippen molar-refractivity contribution < 1.29 is 27.8 Å². The van der Waals surface area contributed by atoms with Crippen LogP contribution in [0.5, 0.6) is 0 Å². The van der Waals surface area contributed by atoms with Gasteiger partial charge in [-0.25, -0.2) is 4.79 Å². The third-order valence-corrected chi connectivity index (χ3v) is 2.55. The Morgan fingerprint density at radius 2 is 2.11 bits per heavy atom. The number of carbonyl (C=O) groups is 1. The van der Waals surface area contributed by atoms with E-state index in [1.165, 1.54) is 6.07 Å². The SMILES string of the molecule is O=C(Nc1cc(C(F)(F)F)ccc1Br)OCCO. The maximum atomic E-state index is 12.4. The van der Waals surface area contributed by atoms with Gasteiger partial charge in [0, 0.05) is 4.47 Å². The monoisotopic (exact) mass is 327 g/mol. The number of amides is 1. The number of hydrogen-bond donors (Lipinski definition) is 2. The van der Waals surface area contributed by atoms with Crippen molar-refractivity contribution in [3.05, 3.63) is 28.2 Å². The largest absolute Gasteiger partial charge is 0.447 e. The Labute approximate surface area is 109 Å². The van der Waals surface area contributed by atoms with Gasteiger partial charge in [-0.05, 0) is 34.1 Å². The van der Waals surface area contributed by atoms with Crippen LogP contribution in [0, 0.1) is 0 Å². The van der Waals surface area contributed by atoms with Crippen LogP contribution in [0.15, 0.2) is 22.7 Å². The molecule has 1 aromatic rings. The molecule has 0 saturated carbocycles. The number of carbonyl (C=O) groups excluding carboxylic acids is 1. The Kier molecular flexibility index (Phi) is 4.97. The van der Waals surface area contributed by atoms with Crippen LogP contribution in [0.25, 0.3) is 0 Å². The Hall–Kier alpha value is -1.28. The third-order valence-electron chi connectivity index (χ3n) is 1.85. The highest BCUT2D eigenvalue weighted by Gasteiger charge is 2.31. The predicted octanol–water partition coefficient (Wildman–Crippen LogP) is 3.01. The molecule has 0 fully saturated rings. The molecule has 0 bridgehead atoms. The molecule has 4 nitrogen and oxygen atoms in total. The molecule has 100 valence electrons. The van der Waals surface area contributed by atoms with Gasteiger partial charge < -0.3 is 9.84 Å². The van der Waals surface area contributed by atoms with Gasteiger partial charge in [0.1, 0.15) is 6.61 Å². The number of rotatable bonds is 3. The van der Waals surface area contributed by atoms with E-state index in [9.17, 15) is 18.0 Å². The Morgan fingerprint density at radius 1 is 1.44 bits per heavy atom. The lowest BCUT2D eigenvalue weighted by Gasteiger charge is -2.11. The van der Waals surface area contributed by atoms with Gasteiger partial charge in [-0.3, -0.25) is 5.32 Å². The maximum absolute atomic E-state index is 12.4. The average Bonchev–Trinajstić information content (AvgIpc) is 2.28. The first-order chi connectivity index (χ1) is 8.34. The van der Waals surface area contributed by atoms with Gasteiger partial charge in [0.15, 0.2) is 0 Å². The molecule has 0 aliphatic heterocycles. The van der Waals surface area contributed by atoms with Crippen LogP contribution in [0.2, 0.25) is 0 Å². The average molecular weight is 328 g/mol. The standard InChI is InChI=1S/C10H9BrF3NO3/c11-7-2-1-6(10(12,13)14)5-8(7)15-9(17)18-4-3-16/h1-2,5,16H,3-4H2,(H,15,17). The van der Waals surface area contributed by atoms with E-state index in [0.717, 1.165) is 12.1 Å². The number of ether oxygens (including phenoxy) is 1. The maximum Gasteiger partial charge on any atom is 0.416 e. The minimum atomic E-state index is -4.49. The molecule has 2 N–H and O–H groups in total. The first kappa shape index (κ1) is 14.8. The summed E-state index contributed by atoms with van der Waals surface area (Å²) in [4.78, 5) is 11.1. The second-order valence-electron chi connectivity index (χ2n) is 3.18. The first-order valence-electron chi connectivity index (χ1n) is 4.76. The molecule has 1 aromatic carbocycles. The number of hydrogen-bond acceptors (Lipinski definition) is 3. The zero-order valence-electron chi connectivity index (χ0n) is 8.92. The topological polar surface area (TPSA) is 58.6 Å². The molecule has 8 heteroatoms. The lowest BCUT2D eigenvalue weighted by molar-refractivity contribution is -0.137. The molecule has 0 aliphatic carbocycles. The van der Waals surface area contributed by atoms with Crippen LogP contribution in [0.4, 0.5) is 23.7 Å². The van der Waals surface area contributed by atoms with Crippen molar-refractivity contribution >= 4 is 27.7 Å². The van der Waals surface area contributed by atoms with Gasteiger partial charge in [0.05, 0.1) is 17.9 Å². The second kappa shape index (κ2) is 6.05. The van der Waals surface area contributed by atoms with Crippen LogP contribution in [0.1, 0.15) is 5.56 Å². The fourth-order valence-electron chi connectivity index (χ4n) is 1.08. The zero-order chi connectivity index (χ0) is 13.8. The summed E-state index contributed by atoms with van der Waals surface area (Å²) in [5.74, 6) is 0. The molecule has 0 aliphatic rings. The van der Waals surface area contributed by atoms with E-state index in [2.05, 4.69) is 26.0 Å². The molecule has 1 amide bonds. The minimum Gasteiger partial charge on any atom is -0.447 e. The quantitative estimate of drug-likeness (QED) is 0.897. The lowest BCUT2D eigenvalue weighted by atomic mass is 10.2. The number of aliphatic hydroxyl groups is 1. The normalized spacial score (nSPS) is 11.2. The highest BCUT2D eigenvalue weighted by Crippen LogP contribution is 2.33. The predicted molar refractivity (Wildman–Crippen MR) is 61.2 cm³/mol. The Bertz CT molecular complexity index is 437. The van der Waals surface area contributed by atoms with Crippen molar-refractivity contribution in [3.63, 3.8) is 0 Å². The molecule has 0 aromatic heterocycles. The van der Waals surface area contributed by atoms with Crippen LogP contribution in [0.3, 0.4) is 0 Å². The summed E-state index contributed by atoms with van der Waals surface area (Å²) in [6.07, 6.45) is -5.43. The van der Waals surface area contributed by atoms with Crippen molar-refractivity contribution in [2.24, 2.45) is 0 Å². The van der Waals surface area contributed by atoms with E-state index in [-0.39, 0.29) is 23.4 Å². The smallest absolute Gasteiger partial charge is 0.416 e. The first-order valence-corrected chi connectivity index (χ1v) is 5.55. The van der Waals surface area contributed by atoms with Crippen LogP contribution >= 0.6 is 15.9 Å². The molecule has 0 unspecified atom stereocenters. The van der Waals surface area contributed by atoms with Gasteiger partial charge in [0.25, 0.3) is 0 Å². The van der Waals surface area contributed by atoms with E-state index in [1.807, 2.05) is 0 Å². The van der Waals surface area contributed by atoms with E-state index in [4.69, 9.17) is 5.11 Å². The van der Waals surface area contributed by atoms with E-state index < -0.39 is 17.8 Å². The molecule has 1 rings (SSSR count). The van der Waals surface area contributed by atoms with Gasteiger partial charge in [-0.15, -0.1) is 0 Å². The highest BCUT2D eigenvalue weighted by molar-refractivity contribution is 9.10. The third kappa shape index (κ3) is 4.19.